The van der Waals surface area contributed by atoms with Crippen molar-refractivity contribution in [1.29, 1.82) is 0 Å². The monoisotopic (exact) mass is 352 g/mol. The van der Waals surface area contributed by atoms with Crippen LogP contribution >= 0.6 is 0 Å². The molecule has 5 heteroatoms. The molecule has 0 aliphatic heterocycles. The summed E-state index contributed by atoms with van der Waals surface area (Å²) >= 11 is 0. The number of H-pyrrole nitrogens is 2. The summed E-state index contributed by atoms with van der Waals surface area (Å²) in [4.78, 5) is 23.8. The summed E-state index contributed by atoms with van der Waals surface area (Å²) in [5, 5.41) is 3.89. The van der Waals surface area contributed by atoms with Crippen LogP contribution in [0.25, 0.3) is 33.3 Å². The van der Waals surface area contributed by atoms with Gasteiger partial charge in [0.05, 0.1) is 16.6 Å². The maximum absolute atomic E-state index is 12.7. The number of fused-ring (bicyclic) bond motifs is 2. The number of hydrogen-bond acceptors (Lipinski definition) is 2. The second-order valence-electron chi connectivity index (χ2n) is 6.39. The fourth-order valence-electron chi connectivity index (χ4n) is 3.29. The number of nitrogens with zero attached hydrogens (tertiary/aromatic N) is 1. The third-order valence-electron chi connectivity index (χ3n) is 4.62. The van der Waals surface area contributed by atoms with Crippen molar-refractivity contribution in [2.45, 2.75) is 0 Å². The predicted octanol–water partition coefficient (Wildman–Crippen LogP) is 4.96. The predicted molar refractivity (Wildman–Crippen MR) is 108 cm³/mol. The van der Waals surface area contributed by atoms with Crippen molar-refractivity contribution >= 4 is 33.5 Å². The zero-order valence-corrected chi connectivity index (χ0v) is 14.4. The highest BCUT2D eigenvalue weighted by Crippen LogP contribution is 2.24. The Morgan fingerprint density at radius 3 is 2.59 bits per heavy atom. The van der Waals surface area contributed by atoms with Gasteiger partial charge in [0.2, 0.25) is 0 Å². The first-order chi connectivity index (χ1) is 13.3. The van der Waals surface area contributed by atoms with E-state index in [4.69, 9.17) is 0 Å². The zero-order chi connectivity index (χ0) is 18.2. The molecule has 0 unspecified atom stereocenters. The number of benzene rings is 3. The van der Waals surface area contributed by atoms with Gasteiger partial charge in [-0.2, -0.15) is 0 Å². The number of anilines is 1. The van der Waals surface area contributed by atoms with Crippen molar-refractivity contribution in [1.82, 2.24) is 15.0 Å². The van der Waals surface area contributed by atoms with Crippen LogP contribution in [0, 0.1) is 0 Å². The van der Waals surface area contributed by atoms with Gasteiger partial charge in [-0.3, -0.25) is 4.79 Å². The highest BCUT2D eigenvalue weighted by molar-refractivity contribution is 6.12. The molecule has 0 aliphatic rings. The van der Waals surface area contributed by atoms with Gasteiger partial charge in [-0.15, -0.1) is 0 Å². The number of carbonyl (C=O) groups excluding carboxylic acids is 1. The van der Waals surface area contributed by atoms with Crippen molar-refractivity contribution in [3.8, 4) is 11.4 Å². The normalized spacial score (nSPS) is 11.1. The van der Waals surface area contributed by atoms with Gasteiger partial charge in [0.15, 0.2) is 0 Å². The summed E-state index contributed by atoms with van der Waals surface area (Å²) in [6, 6.07) is 23.3. The minimum absolute atomic E-state index is 0.144. The van der Waals surface area contributed by atoms with E-state index in [-0.39, 0.29) is 5.91 Å². The average molecular weight is 352 g/mol. The van der Waals surface area contributed by atoms with Gasteiger partial charge in [-0.05, 0) is 30.3 Å². The van der Waals surface area contributed by atoms with Gasteiger partial charge in [-0.25, -0.2) is 4.98 Å². The van der Waals surface area contributed by atoms with Crippen LogP contribution < -0.4 is 5.32 Å². The highest BCUT2D eigenvalue weighted by Gasteiger charge is 2.12. The molecule has 2 heterocycles. The molecule has 0 atom stereocenters. The Hall–Kier alpha value is -3.86. The average Bonchev–Trinajstić information content (AvgIpc) is 3.32. The zero-order valence-electron chi connectivity index (χ0n) is 14.4. The van der Waals surface area contributed by atoms with Crippen molar-refractivity contribution in [2.75, 3.05) is 5.32 Å². The van der Waals surface area contributed by atoms with E-state index in [1.165, 1.54) is 0 Å². The second-order valence-corrected chi connectivity index (χ2v) is 6.39. The summed E-state index contributed by atoms with van der Waals surface area (Å²) in [6.45, 7) is 0. The quantitative estimate of drug-likeness (QED) is 0.429. The van der Waals surface area contributed by atoms with E-state index in [1.54, 1.807) is 6.20 Å². The molecule has 1 amide bonds. The lowest BCUT2D eigenvalue weighted by molar-refractivity contribution is 0.102. The first kappa shape index (κ1) is 15.4. The number of amides is 1. The van der Waals surface area contributed by atoms with Crippen LogP contribution in [0.1, 0.15) is 10.4 Å². The van der Waals surface area contributed by atoms with E-state index in [0.717, 1.165) is 39.0 Å². The first-order valence-electron chi connectivity index (χ1n) is 8.70. The molecule has 0 radical (unpaired) electrons. The fraction of sp³-hybridized carbons (Fsp3) is 0. The summed E-state index contributed by atoms with van der Waals surface area (Å²) < 4.78 is 0. The van der Waals surface area contributed by atoms with Crippen LogP contribution in [0.15, 0.2) is 79.0 Å². The van der Waals surface area contributed by atoms with Crippen LogP contribution in [-0.4, -0.2) is 20.9 Å². The lowest BCUT2D eigenvalue weighted by atomic mass is 10.1. The summed E-state index contributed by atoms with van der Waals surface area (Å²) in [5.74, 6) is 0.633. The van der Waals surface area contributed by atoms with Crippen molar-refractivity contribution in [3.63, 3.8) is 0 Å². The van der Waals surface area contributed by atoms with E-state index >= 15 is 0 Å². The lowest BCUT2D eigenvalue weighted by Crippen LogP contribution is -2.11. The number of imidazole rings is 1. The van der Waals surface area contributed by atoms with Crippen LogP contribution in [0.5, 0.6) is 0 Å². The van der Waals surface area contributed by atoms with Gasteiger partial charge in [-0.1, -0.05) is 42.5 Å². The minimum Gasteiger partial charge on any atom is -0.360 e. The molecule has 5 nitrogen and oxygen atoms in total. The molecule has 5 rings (SSSR count). The third kappa shape index (κ3) is 2.75. The van der Waals surface area contributed by atoms with Crippen LogP contribution in [0.4, 0.5) is 5.69 Å². The van der Waals surface area contributed by atoms with E-state index in [1.807, 2.05) is 72.8 Å². The molecule has 0 saturated carbocycles. The van der Waals surface area contributed by atoms with Crippen molar-refractivity contribution in [3.05, 3.63) is 84.6 Å². The molecule has 3 aromatic carbocycles. The number of rotatable bonds is 3. The maximum Gasteiger partial charge on any atom is 0.257 e. The molecule has 130 valence electrons. The lowest BCUT2D eigenvalue weighted by Gasteiger charge is -2.06. The third-order valence-corrected chi connectivity index (χ3v) is 4.62. The number of carbonyl (C=O) groups is 1. The van der Waals surface area contributed by atoms with Gasteiger partial charge >= 0.3 is 0 Å². The van der Waals surface area contributed by atoms with Gasteiger partial charge in [0.1, 0.15) is 5.82 Å². The molecule has 0 spiro atoms. The number of nitrogens with one attached hydrogen (secondary N) is 3. The number of hydrogen-bond donors (Lipinski definition) is 3. The Morgan fingerprint density at radius 1 is 0.889 bits per heavy atom. The molecule has 5 aromatic rings. The maximum atomic E-state index is 12.7. The fourth-order valence-corrected chi connectivity index (χ4v) is 3.29. The number of aromatic amines is 2. The molecular formula is C22H16N4O. The second kappa shape index (κ2) is 6.14. The van der Waals surface area contributed by atoms with E-state index in [2.05, 4.69) is 20.3 Å². The molecule has 3 N–H and O–H groups in total. The Bertz CT molecular complexity index is 1250. The van der Waals surface area contributed by atoms with E-state index in [9.17, 15) is 4.79 Å². The van der Waals surface area contributed by atoms with Crippen LogP contribution in [0.3, 0.4) is 0 Å². The smallest absolute Gasteiger partial charge is 0.257 e. The SMILES string of the molecule is O=C(Nc1cccc(-c2nc3ccccc3[nH]2)c1)c1c[nH]c2ccccc12. The minimum atomic E-state index is -0.144. The summed E-state index contributed by atoms with van der Waals surface area (Å²) in [5.41, 5.74) is 5.12. The largest absolute Gasteiger partial charge is 0.360 e. The van der Waals surface area contributed by atoms with Gasteiger partial charge < -0.3 is 15.3 Å². The molecule has 0 saturated heterocycles. The molecule has 0 aliphatic carbocycles. The topological polar surface area (TPSA) is 73.6 Å². The molecule has 0 bridgehead atoms. The number of aromatic nitrogens is 3. The Kier molecular flexibility index (Phi) is 3.50. The first-order valence-corrected chi connectivity index (χ1v) is 8.70. The number of para-hydroxylation sites is 3. The van der Waals surface area contributed by atoms with E-state index < -0.39 is 0 Å². The highest BCUT2D eigenvalue weighted by atomic mass is 16.1. The van der Waals surface area contributed by atoms with Crippen LogP contribution in [0.2, 0.25) is 0 Å². The van der Waals surface area contributed by atoms with Crippen molar-refractivity contribution in [2.24, 2.45) is 0 Å². The molecule has 27 heavy (non-hydrogen) atoms. The summed E-state index contributed by atoms with van der Waals surface area (Å²) in [6.07, 6.45) is 1.74. The molecule has 2 aromatic heterocycles. The molecular weight excluding hydrogens is 336 g/mol. The van der Waals surface area contributed by atoms with Gasteiger partial charge in [0, 0.05) is 28.4 Å². The molecule has 0 fully saturated rings. The Morgan fingerprint density at radius 2 is 1.70 bits per heavy atom. The van der Waals surface area contributed by atoms with Crippen molar-refractivity contribution < 1.29 is 4.79 Å². The van der Waals surface area contributed by atoms with E-state index in [0.29, 0.717) is 5.56 Å². The Balaban J connectivity index is 1.46. The Labute approximate surface area is 155 Å². The standard InChI is InChI=1S/C22H16N4O/c27-22(17-13-23-18-9-2-1-8-16(17)18)24-15-7-5-6-14(12-15)21-25-19-10-3-4-11-20(19)26-21/h1-13,23H,(H,24,27)(H,25,26). The van der Waals surface area contributed by atoms with Crippen LogP contribution in [-0.2, 0) is 0 Å². The van der Waals surface area contributed by atoms with Gasteiger partial charge in [0.25, 0.3) is 5.91 Å². The summed E-state index contributed by atoms with van der Waals surface area (Å²) in [7, 11) is 0.